The molecule has 0 bridgehead atoms. The molecule has 0 atom stereocenters. The fraction of sp³-hybridized carbons (Fsp3) is 0.364. The van der Waals surface area contributed by atoms with E-state index in [0.29, 0.717) is 13.0 Å². The molecule has 1 aromatic carbocycles. The first-order chi connectivity index (χ1) is 7.18. The molecule has 0 spiro atoms. The highest BCUT2D eigenvalue weighted by Gasteiger charge is 2.01. The molecule has 0 unspecified atom stereocenters. The molecule has 0 saturated carbocycles. The van der Waals surface area contributed by atoms with Crippen molar-refractivity contribution in [1.82, 2.24) is 10.4 Å². The lowest BCUT2D eigenvalue weighted by Gasteiger charge is -2.11. The predicted octanol–water partition coefficient (Wildman–Crippen LogP) is 1.05. The van der Waals surface area contributed by atoms with Gasteiger partial charge >= 0.3 is 0 Å². The van der Waals surface area contributed by atoms with E-state index >= 15 is 0 Å². The molecule has 15 heavy (non-hydrogen) atoms. The average molecular weight is 208 g/mol. The fourth-order valence-corrected chi connectivity index (χ4v) is 1.08. The van der Waals surface area contributed by atoms with E-state index in [0.717, 1.165) is 5.75 Å². The van der Waals surface area contributed by atoms with Crippen LogP contribution < -0.4 is 10.2 Å². The summed E-state index contributed by atoms with van der Waals surface area (Å²) in [6, 6.07) is 9.45. The maximum atomic E-state index is 11.2. The van der Waals surface area contributed by atoms with Crippen LogP contribution in [0.5, 0.6) is 5.75 Å². The van der Waals surface area contributed by atoms with E-state index in [4.69, 9.17) is 4.74 Å². The van der Waals surface area contributed by atoms with Crippen LogP contribution in [0.15, 0.2) is 30.3 Å². The van der Waals surface area contributed by atoms with Crippen LogP contribution in [0.2, 0.25) is 0 Å². The molecule has 1 rings (SSSR count). The van der Waals surface area contributed by atoms with E-state index in [1.165, 1.54) is 0 Å². The molecule has 1 N–H and O–H groups in total. The van der Waals surface area contributed by atoms with Gasteiger partial charge in [-0.3, -0.25) is 10.2 Å². The van der Waals surface area contributed by atoms with Gasteiger partial charge in [-0.15, -0.1) is 0 Å². The number of para-hydroxylation sites is 1. The molecule has 82 valence electrons. The van der Waals surface area contributed by atoms with Crippen LogP contribution in [-0.2, 0) is 4.79 Å². The van der Waals surface area contributed by atoms with Gasteiger partial charge in [-0.1, -0.05) is 18.2 Å². The summed E-state index contributed by atoms with van der Waals surface area (Å²) in [6.07, 6.45) is 0.354. The number of hydrogen-bond donors (Lipinski definition) is 1. The number of carbonyl (C=O) groups is 1. The van der Waals surface area contributed by atoms with Crippen LogP contribution in [-0.4, -0.2) is 31.6 Å². The molecule has 0 aliphatic heterocycles. The first-order valence-corrected chi connectivity index (χ1v) is 4.83. The summed E-state index contributed by atoms with van der Waals surface area (Å²) < 4.78 is 5.38. The Morgan fingerprint density at radius 2 is 2.00 bits per heavy atom. The highest BCUT2D eigenvalue weighted by Crippen LogP contribution is 2.08. The lowest BCUT2D eigenvalue weighted by molar-refractivity contribution is -0.125. The van der Waals surface area contributed by atoms with Crippen molar-refractivity contribution in [3.05, 3.63) is 30.3 Å². The molecule has 0 heterocycles. The van der Waals surface area contributed by atoms with Crippen LogP contribution in [0, 0.1) is 0 Å². The van der Waals surface area contributed by atoms with Gasteiger partial charge in [-0.2, -0.15) is 0 Å². The number of hydrazine groups is 1. The van der Waals surface area contributed by atoms with Gasteiger partial charge in [0.05, 0.1) is 13.0 Å². The quantitative estimate of drug-likeness (QED) is 0.735. The molecule has 0 aromatic heterocycles. The average Bonchev–Trinajstić information content (AvgIpc) is 2.18. The van der Waals surface area contributed by atoms with Crippen LogP contribution in [0.1, 0.15) is 6.42 Å². The number of nitrogens with zero attached hydrogens (tertiary/aromatic N) is 1. The topological polar surface area (TPSA) is 41.6 Å². The Balaban J connectivity index is 2.19. The number of rotatable bonds is 5. The van der Waals surface area contributed by atoms with Gasteiger partial charge in [0, 0.05) is 14.1 Å². The lowest BCUT2D eigenvalue weighted by atomic mass is 10.3. The van der Waals surface area contributed by atoms with Crippen molar-refractivity contribution in [1.29, 1.82) is 0 Å². The Hall–Kier alpha value is -1.55. The molecule has 0 aliphatic carbocycles. The maximum absolute atomic E-state index is 11.2. The largest absolute Gasteiger partial charge is 0.493 e. The molecule has 4 heteroatoms. The Kier molecular flexibility index (Phi) is 4.63. The van der Waals surface area contributed by atoms with Gasteiger partial charge in [0.1, 0.15) is 5.75 Å². The monoisotopic (exact) mass is 208 g/mol. The minimum atomic E-state index is -0.0454. The number of amides is 1. The van der Waals surface area contributed by atoms with Crippen molar-refractivity contribution in [2.24, 2.45) is 0 Å². The summed E-state index contributed by atoms with van der Waals surface area (Å²) in [5.41, 5.74) is 2.64. The summed E-state index contributed by atoms with van der Waals surface area (Å²) in [7, 11) is 3.55. The van der Waals surface area contributed by atoms with E-state index in [-0.39, 0.29) is 5.91 Å². The molecule has 0 radical (unpaired) electrons. The van der Waals surface area contributed by atoms with Crippen LogP contribution in [0.3, 0.4) is 0 Å². The number of carbonyl (C=O) groups excluding carboxylic acids is 1. The Bertz CT molecular complexity index is 299. The number of nitrogens with one attached hydrogen (secondary N) is 1. The van der Waals surface area contributed by atoms with Gasteiger partial charge < -0.3 is 4.74 Å². The highest BCUT2D eigenvalue weighted by molar-refractivity contribution is 5.75. The zero-order valence-corrected chi connectivity index (χ0v) is 9.06. The second-order valence-electron chi connectivity index (χ2n) is 3.34. The molecule has 4 nitrogen and oxygen atoms in total. The summed E-state index contributed by atoms with van der Waals surface area (Å²) in [5, 5.41) is 1.62. The normalized spacial score (nSPS) is 10.1. The second-order valence-corrected chi connectivity index (χ2v) is 3.34. The molecule has 0 fully saturated rings. The predicted molar refractivity (Wildman–Crippen MR) is 58.4 cm³/mol. The minimum Gasteiger partial charge on any atom is -0.493 e. The molecule has 0 aliphatic rings. The standard InChI is InChI=1S/C11H16N2O2/c1-13(2)12-11(14)8-9-15-10-6-4-3-5-7-10/h3-7H,8-9H2,1-2H3,(H,12,14). The lowest BCUT2D eigenvalue weighted by Crippen LogP contribution is -2.36. The van der Waals surface area contributed by atoms with Gasteiger partial charge in [0.15, 0.2) is 0 Å². The van der Waals surface area contributed by atoms with Crippen molar-refractivity contribution in [2.45, 2.75) is 6.42 Å². The van der Waals surface area contributed by atoms with Gasteiger partial charge in [-0.25, -0.2) is 5.01 Å². The first-order valence-electron chi connectivity index (χ1n) is 4.83. The van der Waals surface area contributed by atoms with Gasteiger partial charge in [0.25, 0.3) is 0 Å². The maximum Gasteiger partial charge on any atom is 0.237 e. The van der Waals surface area contributed by atoms with Crippen molar-refractivity contribution in [3.8, 4) is 5.75 Å². The van der Waals surface area contributed by atoms with Crippen LogP contribution >= 0.6 is 0 Å². The third kappa shape index (κ3) is 5.02. The number of hydrogen-bond acceptors (Lipinski definition) is 3. The Labute approximate surface area is 89.8 Å². The van der Waals surface area contributed by atoms with Gasteiger partial charge in [-0.05, 0) is 12.1 Å². The molecular formula is C11H16N2O2. The van der Waals surface area contributed by atoms with Crippen LogP contribution in [0.25, 0.3) is 0 Å². The van der Waals surface area contributed by atoms with E-state index in [2.05, 4.69) is 5.43 Å². The molecular weight excluding hydrogens is 192 g/mol. The van der Waals surface area contributed by atoms with Crippen molar-refractivity contribution < 1.29 is 9.53 Å². The summed E-state index contributed by atoms with van der Waals surface area (Å²) >= 11 is 0. The third-order valence-electron chi connectivity index (χ3n) is 1.69. The number of benzene rings is 1. The fourth-order valence-electron chi connectivity index (χ4n) is 1.08. The van der Waals surface area contributed by atoms with Gasteiger partial charge in [0.2, 0.25) is 5.91 Å². The first kappa shape index (κ1) is 11.5. The Morgan fingerprint density at radius 3 is 2.60 bits per heavy atom. The third-order valence-corrected chi connectivity index (χ3v) is 1.69. The van der Waals surface area contributed by atoms with E-state index in [1.54, 1.807) is 19.1 Å². The zero-order chi connectivity index (χ0) is 11.1. The summed E-state index contributed by atoms with van der Waals surface area (Å²) in [6.45, 7) is 0.393. The zero-order valence-electron chi connectivity index (χ0n) is 9.06. The van der Waals surface area contributed by atoms with Crippen molar-refractivity contribution in [2.75, 3.05) is 20.7 Å². The summed E-state index contributed by atoms with van der Waals surface area (Å²) in [5.74, 6) is 0.742. The van der Waals surface area contributed by atoms with Crippen molar-refractivity contribution >= 4 is 5.91 Å². The second kappa shape index (κ2) is 6.03. The smallest absolute Gasteiger partial charge is 0.237 e. The molecule has 1 aromatic rings. The van der Waals surface area contributed by atoms with E-state index < -0.39 is 0 Å². The van der Waals surface area contributed by atoms with E-state index in [9.17, 15) is 4.79 Å². The number of ether oxygens (including phenoxy) is 1. The van der Waals surface area contributed by atoms with Crippen LogP contribution in [0.4, 0.5) is 0 Å². The SMILES string of the molecule is CN(C)NC(=O)CCOc1ccccc1. The molecule has 0 saturated heterocycles. The minimum absolute atomic E-state index is 0.0454. The van der Waals surface area contributed by atoms with Crippen molar-refractivity contribution in [3.63, 3.8) is 0 Å². The molecule has 1 amide bonds. The van der Waals surface area contributed by atoms with E-state index in [1.807, 2.05) is 30.3 Å². The Morgan fingerprint density at radius 1 is 1.33 bits per heavy atom. The highest BCUT2D eigenvalue weighted by atomic mass is 16.5. The summed E-state index contributed by atoms with van der Waals surface area (Å²) in [4.78, 5) is 11.2.